The van der Waals surface area contributed by atoms with Crippen LogP contribution in [0.1, 0.15) is 63.9 Å². The number of rotatable bonds is 8. The van der Waals surface area contributed by atoms with Gasteiger partial charge in [-0.15, -0.1) is 0 Å². The monoisotopic (exact) mass is 334 g/mol. The van der Waals surface area contributed by atoms with E-state index in [1.807, 2.05) is 19.9 Å². The lowest BCUT2D eigenvalue weighted by atomic mass is 9.89. The van der Waals surface area contributed by atoms with E-state index in [4.69, 9.17) is 9.47 Å². The van der Waals surface area contributed by atoms with Gasteiger partial charge < -0.3 is 14.2 Å². The fourth-order valence-corrected chi connectivity index (χ4v) is 3.22. The van der Waals surface area contributed by atoms with E-state index >= 15 is 0 Å². The Bertz CT molecular complexity index is 498. The number of unbranched alkanes of at least 4 members (excludes halogenated alkanes) is 3. The van der Waals surface area contributed by atoms with Crippen LogP contribution in [0.3, 0.4) is 0 Å². The molecule has 0 saturated carbocycles. The SMILES string of the molecule is COC(=O)CCCCCC[C@H]1OC(C)(C)OC[C@@H]1c1ccccc1. The van der Waals surface area contributed by atoms with E-state index in [0.29, 0.717) is 13.0 Å². The van der Waals surface area contributed by atoms with Crippen molar-refractivity contribution < 1.29 is 19.0 Å². The Morgan fingerprint density at radius 3 is 2.58 bits per heavy atom. The van der Waals surface area contributed by atoms with E-state index in [-0.39, 0.29) is 18.0 Å². The van der Waals surface area contributed by atoms with Gasteiger partial charge in [0.1, 0.15) is 0 Å². The molecule has 1 aromatic rings. The summed E-state index contributed by atoms with van der Waals surface area (Å²) in [6.07, 6.45) is 5.88. The van der Waals surface area contributed by atoms with Crippen LogP contribution in [0.4, 0.5) is 0 Å². The van der Waals surface area contributed by atoms with Crippen molar-refractivity contribution in [2.24, 2.45) is 0 Å². The second kappa shape index (κ2) is 9.19. The molecule has 0 radical (unpaired) electrons. The van der Waals surface area contributed by atoms with Crippen LogP contribution < -0.4 is 0 Å². The zero-order valence-electron chi connectivity index (χ0n) is 15.1. The highest BCUT2D eigenvalue weighted by Gasteiger charge is 2.36. The van der Waals surface area contributed by atoms with Crippen LogP contribution in [0, 0.1) is 0 Å². The molecular formula is C20H30O4. The second-order valence-electron chi connectivity index (χ2n) is 6.91. The molecule has 0 N–H and O–H groups in total. The van der Waals surface area contributed by atoms with E-state index < -0.39 is 5.79 Å². The molecule has 1 aliphatic rings. The average molecular weight is 334 g/mol. The van der Waals surface area contributed by atoms with Gasteiger partial charge in [-0.1, -0.05) is 49.6 Å². The predicted molar refractivity (Wildman–Crippen MR) is 93.8 cm³/mol. The lowest BCUT2D eigenvalue weighted by Crippen LogP contribution is -2.44. The molecule has 4 nitrogen and oxygen atoms in total. The summed E-state index contributed by atoms with van der Waals surface area (Å²) in [5.74, 6) is -0.344. The van der Waals surface area contributed by atoms with Crippen molar-refractivity contribution >= 4 is 5.97 Å². The van der Waals surface area contributed by atoms with Gasteiger partial charge in [0, 0.05) is 12.3 Å². The summed E-state index contributed by atoms with van der Waals surface area (Å²) in [6.45, 7) is 4.67. The summed E-state index contributed by atoms with van der Waals surface area (Å²) in [5.41, 5.74) is 1.28. The molecule has 1 aliphatic heterocycles. The Morgan fingerprint density at radius 2 is 1.88 bits per heavy atom. The second-order valence-corrected chi connectivity index (χ2v) is 6.91. The minimum absolute atomic E-state index is 0.117. The summed E-state index contributed by atoms with van der Waals surface area (Å²) in [7, 11) is 1.44. The van der Waals surface area contributed by atoms with Gasteiger partial charge in [-0.2, -0.15) is 0 Å². The van der Waals surface area contributed by atoms with Gasteiger partial charge in [0.15, 0.2) is 5.79 Å². The van der Waals surface area contributed by atoms with Gasteiger partial charge >= 0.3 is 5.97 Å². The minimum Gasteiger partial charge on any atom is -0.469 e. The van der Waals surface area contributed by atoms with E-state index in [1.165, 1.54) is 12.7 Å². The molecule has 24 heavy (non-hydrogen) atoms. The topological polar surface area (TPSA) is 44.8 Å². The molecule has 0 unspecified atom stereocenters. The van der Waals surface area contributed by atoms with Crippen molar-refractivity contribution in [1.29, 1.82) is 0 Å². The van der Waals surface area contributed by atoms with Gasteiger partial charge in [0.05, 0.1) is 19.8 Å². The van der Waals surface area contributed by atoms with E-state index in [9.17, 15) is 4.79 Å². The van der Waals surface area contributed by atoms with E-state index in [1.54, 1.807) is 0 Å². The van der Waals surface area contributed by atoms with Gasteiger partial charge in [0.25, 0.3) is 0 Å². The smallest absolute Gasteiger partial charge is 0.305 e. The minimum atomic E-state index is -0.513. The first-order valence-corrected chi connectivity index (χ1v) is 8.95. The van der Waals surface area contributed by atoms with E-state index in [0.717, 1.165) is 32.1 Å². The first-order valence-electron chi connectivity index (χ1n) is 8.95. The van der Waals surface area contributed by atoms with Crippen molar-refractivity contribution in [3.05, 3.63) is 35.9 Å². The molecule has 0 amide bonds. The van der Waals surface area contributed by atoms with Crippen LogP contribution >= 0.6 is 0 Å². The third-order valence-corrected chi connectivity index (χ3v) is 4.57. The van der Waals surface area contributed by atoms with Crippen molar-refractivity contribution in [1.82, 2.24) is 0 Å². The molecule has 2 rings (SSSR count). The van der Waals surface area contributed by atoms with Crippen LogP contribution in [0.2, 0.25) is 0 Å². The molecule has 0 spiro atoms. The van der Waals surface area contributed by atoms with Gasteiger partial charge in [0.2, 0.25) is 0 Å². The number of esters is 1. The molecular weight excluding hydrogens is 304 g/mol. The first kappa shape index (κ1) is 18.9. The molecule has 0 aliphatic carbocycles. The largest absolute Gasteiger partial charge is 0.469 e. The van der Waals surface area contributed by atoms with Gasteiger partial charge in [-0.3, -0.25) is 4.79 Å². The molecule has 0 aromatic heterocycles. The third kappa shape index (κ3) is 5.91. The first-order chi connectivity index (χ1) is 11.5. The maximum Gasteiger partial charge on any atom is 0.305 e. The Labute approximate surface area is 145 Å². The maximum atomic E-state index is 11.1. The molecule has 1 saturated heterocycles. The van der Waals surface area contributed by atoms with Crippen LogP contribution in [0.25, 0.3) is 0 Å². The zero-order chi connectivity index (χ0) is 17.4. The van der Waals surface area contributed by atoms with Crippen molar-refractivity contribution in [2.45, 2.75) is 70.2 Å². The number of carbonyl (C=O) groups is 1. The molecule has 4 heteroatoms. The zero-order valence-corrected chi connectivity index (χ0v) is 15.1. The van der Waals surface area contributed by atoms with Crippen molar-refractivity contribution in [3.8, 4) is 0 Å². The lowest BCUT2D eigenvalue weighted by molar-refractivity contribution is -0.282. The fourth-order valence-electron chi connectivity index (χ4n) is 3.22. The highest BCUT2D eigenvalue weighted by Crippen LogP contribution is 2.35. The summed E-state index contributed by atoms with van der Waals surface area (Å²) in [5, 5.41) is 0. The van der Waals surface area contributed by atoms with Gasteiger partial charge in [-0.25, -0.2) is 0 Å². The fraction of sp³-hybridized carbons (Fsp3) is 0.650. The molecule has 1 fully saturated rings. The van der Waals surface area contributed by atoms with Gasteiger partial charge in [-0.05, 0) is 32.3 Å². The summed E-state index contributed by atoms with van der Waals surface area (Å²) >= 11 is 0. The highest BCUT2D eigenvalue weighted by atomic mass is 16.7. The van der Waals surface area contributed by atoms with Crippen LogP contribution in [0.15, 0.2) is 30.3 Å². The normalized spacial score (nSPS) is 23.0. The van der Waals surface area contributed by atoms with Crippen LogP contribution in [0.5, 0.6) is 0 Å². The average Bonchev–Trinajstić information content (AvgIpc) is 2.58. The maximum absolute atomic E-state index is 11.1. The van der Waals surface area contributed by atoms with E-state index in [2.05, 4.69) is 29.0 Å². The number of hydrogen-bond acceptors (Lipinski definition) is 4. The molecule has 134 valence electrons. The molecule has 1 heterocycles. The standard InChI is InChI=1S/C20H30O4/c1-20(2)23-15-17(16-11-7-6-8-12-16)18(24-20)13-9-4-5-10-14-19(21)22-3/h6-8,11-12,17-18H,4-5,9-10,13-15H2,1-3H3/t17-,18-/m1/s1. The number of hydrogen-bond donors (Lipinski definition) is 0. The van der Waals surface area contributed by atoms with Crippen LogP contribution in [-0.2, 0) is 19.0 Å². The number of methoxy groups -OCH3 is 1. The third-order valence-electron chi connectivity index (χ3n) is 4.57. The molecule has 2 atom stereocenters. The predicted octanol–water partition coefficient (Wildman–Crippen LogP) is 4.44. The Morgan fingerprint density at radius 1 is 1.17 bits per heavy atom. The Balaban J connectivity index is 1.81. The Hall–Kier alpha value is -1.39. The summed E-state index contributed by atoms with van der Waals surface area (Å²) in [4.78, 5) is 11.1. The number of ether oxygens (including phenoxy) is 3. The Kier molecular flexibility index (Phi) is 7.25. The summed E-state index contributed by atoms with van der Waals surface area (Å²) in [6, 6.07) is 10.5. The van der Waals surface area contributed by atoms with Crippen LogP contribution in [-0.4, -0.2) is 31.6 Å². The quantitative estimate of drug-likeness (QED) is 0.521. The van der Waals surface area contributed by atoms with Crippen molar-refractivity contribution in [2.75, 3.05) is 13.7 Å². The lowest BCUT2D eigenvalue weighted by Gasteiger charge is -2.41. The summed E-state index contributed by atoms with van der Waals surface area (Å²) < 4.78 is 16.7. The highest BCUT2D eigenvalue weighted by molar-refractivity contribution is 5.68. The molecule has 0 bridgehead atoms. The molecule has 1 aromatic carbocycles. The van der Waals surface area contributed by atoms with Crippen molar-refractivity contribution in [3.63, 3.8) is 0 Å². The number of benzene rings is 1. The number of carbonyl (C=O) groups excluding carboxylic acids is 1.